The number of aromatic nitrogens is 5. The normalized spacial score (nSPS) is 14.3. The maximum Gasteiger partial charge on any atom is 0.253 e. The van der Waals surface area contributed by atoms with Crippen LogP contribution in [0.2, 0.25) is 0 Å². The molecule has 0 unspecified atom stereocenters. The molecule has 0 atom stereocenters. The summed E-state index contributed by atoms with van der Waals surface area (Å²) in [6.07, 6.45) is 8.20. The van der Waals surface area contributed by atoms with Crippen molar-refractivity contribution >= 4 is 5.91 Å². The minimum absolute atomic E-state index is 0.0266. The minimum Gasteiger partial charge on any atom is -0.437 e. The SMILES string of the molecule is Cc1cccc(Oc2nccnc2C2CCN(C(=O)c3cccc(-n4cnnc4)c3)CC2)c1. The fourth-order valence-electron chi connectivity index (χ4n) is 4.16. The first-order valence-electron chi connectivity index (χ1n) is 11.0. The molecule has 33 heavy (non-hydrogen) atoms. The number of aryl methyl sites for hydroxylation is 1. The monoisotopic (exact) mass is 440 g/mol. The summed E-state index contributed by atoms with van der Waals surface area (Å²) in [7, 11) is 0. The highest BCUT2D eigenvalue weighted by Crippen LogP contribution is 2.34. The minimum atomic E-state index is 0.0266. The van der Waals surface area contributed by atoms with Gasteiger partial charge in [0.2, 0.25) is 5.88 Å². The third-order valence-electron chi connectivity index (χ3n) is 5.87. The van der Waals surface area contributed by atoms with Gasteiger partial charge in [0, 0.05) is 42.7 Å². The molecule has 1 saturated heterocycles. The van der Waals surface area contributed by atoms with Gasteiger partial charge in [0.25, 0.3) is 5.91 Å². The molecule has 166 valence electrons. The first kappa shape index (κ1) is 20.8. The second kappa shape index (κ2) is 9.20. The van der Waals surface area contributed by atoms with Crippen LogP contribution in [0.15, 0.2) is 73.6 Å². The molecular weight excluding hydrogens is 416 g/mol. The Morgan fingerprint density at radius 2 is 1.73 bits per heavy atom. The number of hydrogen-bond acceptors (Lipinski definition) is 6. The summed E-state index contributed by atoms with van der Waals surface area (Å²) in [5.74, 6) is 1.50. The lowest BCUT2D eigenvalue weighted by atomic mass is 9.93. The van der Waals surface area contributed by atoms with Gasteiger partial charge in [-0.2, -0.15) is 0 Å². The summed E-state index contributed by atoms with van der Waals surface area (Å²) in [5.41, 5.74) is 3.49. The second-order valence-electron chi connectivity index (χ2n) is 8.15. The zero-order valence-corrected chi connectivity index (χ0v) is 18.3. The molecule has 2 aromatic heterocycles. The molecule has 2 aromatic carbocycles. The standard InChI is InChI=1S/C25H24N6O2/c1-18-4-2-7-22(14-18)33-24-23(26-10-11-27-24)19-8-12-30(13-9-19)25(32)20-5-3-6-21(15-20)31-16-28-29-17-31/h2-7,10-11,14-17,19H,8-9,12-13H2,1H3. The molecule has 0 spiro atoms. The molecule has 1 aliphatic heterocycles. The molecule has 0 saturated carbocycles. The van der Waals surface area contributed by atoms with Crippen LogP contribution in [0.1, 0.15) is 40.4 Å². The van der Waals surface area contributed by atoms with E-state index in [-0.39, 0.29) is 11.8 Å². The van der Waals surface area contributed by atoms with E-state index in [9.17, 15) is 4.79 Å². The zero-order valence-electron chi connectivity index (χ0n) is 18.3. The summed E-state index contributed by atoms with van der Waals surface area (Å²) in [5, 5.41) is 7.67. The maximum atomic E-state index is 13.1. The van der Waals surface area contributed by atoms with E-state index in [2.05, 4.69) is 20.2 Å². The van der Waals surface area contributed by atoms with E-state index in [4.69, 9.17) is 4.74 Å². The molecule has 0 radical (unpaired) electrons. The van der Waals surface area contributed by atoms with Gasteiger partial charge in [0.15, 0.2) is 0 Å². The van der Waals surface area contributed by atoms with E-state index in [0.717, 1.165) is 35.5 Å². The molecule has 4 aromatic rings. The molecule has 5 rings (SSSR count). The number of amides is 1. The van der Waals surface area contributed by atoms with Crippen LogP contribution < -0.4 is 4.74 Å². The van der Waals surface area contributed by atoms with Gasteiger partial charge in [0.05, 0.1) is 0 Å². The Kier molecular flexibility index (Phi) is 5.80. The van der Waals surface area contributed by atoms with Gasteiger partial charge in [-0.15, -0.1) is 10.2 Å². The number of ether oxygens (including phenoxy) is 1. The highest BCUT2D eigenvalue weighted by atomic mass is 16.5. The van der Waals surface area contributed by atoms with E-state index in [1.54, 1.807) is 29.6 Å². The van der Waals surface area contributed by atoms with Crippen LogP contribution in [0, 0.1) is 6.92 Å². The van der Waals surface area contributed by atoms with Crippen molar-refractivity contribution in [3.05, 3.63) is 90.4 Å². The number of benzene rings is 2. The largest absolute Gasteiger partial charge is 0.437 e. The van der Waals surface area contributed by atoms with Crippen LogP contribution in [0.4, 0.5) is 0 Å². The molecule has 8 heteroatoms. The molecule has 8 nitrogen and oxygen atoms in total. The van der Waals surface area contributed by atoms with Crippen molar-refractivity contribution in [1.29, 1.82) is 0 Å². The summed E-state index contributed by atoms with van der Waals surface area (Å²) < 4.78 is 7.85. The second-order valence-corrected chi connectivity index (χ2v) is 8.15. The van der Waals surface area contributed by atoms with Crippen LogP contribution in [-0.4, -0.2) is 48.6 Å². The number of rotatable bonds is 5. The van der Waals surface area contributed by atoms with Gasteiger partial charge in [-0.1, -0.05) is 18.2 Å². The molecule has 1 amide bonds. The van der Waals surface area contributed by atoms with Crippen LogP contribution in [-0.2, 0) is 0 Å². The van der Waals surface area contributed by atoms with Gasteiger partial charge >= 0.3 is 0 Å². The van der Waals surface area contributed by atoms with Crippen LogP contribution in [0.25, 0.3) is 5.69 Å². The van der Waals surface area contributed by atoms with Crippen molar-refractivity contribution in [2.24, 2.45) is 0 Å². The van der Waals surface area contributed by atoms with Gasteiger partial charge in [-0.3, -0.25) is 14.3 Å². The summed E-state index contributed by atoms with van der Waals surface area (Å²) in [6.45, 7) is 3.33. The average molecular weight is 441 g/mol. The number of likely N-dealkylation sites (tertiary alicyclic amines) is 1. The fraction of sp³-hybridized carbons (Fsp3) is 0.240. The third kappa shape index (κ3) is 4.59. The van der Waals surface area contributed by atoms with E-state index >= 15 is 0 Å². The number of carbonyl (C=O) groups excluding carboxylic acids is 1. The molecule has 0 bridgehead atoms. The lowest BCUT2D eigenvalue weighted by Gasteiger charge is -2.32. The number of carbonyl (C=O) groups is 1. The predicted molar refractivity (Wildman–Crippen MR) is 123 cm³/mol. The van der Waals surface area contributed by atoms with Gasteiger partial charge in [-0.05, 0) is 55.7 Å². The summed E-state index contributed by atoms with van der Waals surface area (Å²) in [6, 6.07) is 15.4. The first-order valence-corrected chi connectivity index (χ1v) is 11.0. The van der Waals surface area contributed by atoms with Gasteiger partial charge in [0.1, 0.15) is 24.1 Å². The van der Waals surface area contributed by atoms with Crippen molar-refractivity contribution in [3.8, 4) is 17.3 Å². The van der Waals surface area contributed by atoms with E-state index in [1.165, 1.54) is 0 Å². The van der Waals surface area contributed by atoms with Crippen molar-refractivity contribution < 1.29 is 9.53 Å². The van der Waals surface area contributed by atoms with Crippen molar-refractivity contribution in [2.75, 3.05) is 13.1 Å². The molecule has 0 aliphatic carbocycles. The molecular formula is C25H24N6O2. The topological polar surface area (TPSA) is 86.0 Å². The zero-order chi connectivity index (χ0) is 22.6. The Balaban J connectivity index is 1.27. The fourth-order valence-corrected chi connectivity index (χ4v) is 4.16. The van der Waals surface area contributed by atoms with Gasteiger partial charge < -0.3 is 9.64 Å². The predicted octanol–water partition coefficient (Wildman–Crippen LogP) is 4.18. The van der Waals surface area contributed by atoms with Crippen LogP contribution >= 0.6 is 0 Å². The average Bonchev–Trinajstić information content (AvgIpc) is 3.40. The Morgan fingerprint density at radius 1 is 0.970 bits per heavy atom. The van der Waals surface area contributed by atoms with Crippen LogP contribution in [0.3, 0.4) is 0 Å². The quantitative estimate of drug-likeness (QED) is 0.463. The van der Waals surface area contributed by atoms with Crippen LogP contribution in [0.5, 0.6) is 11.6 Å². The maximum absolute atomic E-state index is 13.1. The molecule has 1 fully saturated rings. The Bertz CT molecular complexity index is 1250. The summed E-state index contributed by atoms with van der Waals surface area (Å²) in [4.78, 5) is 24.1. The lowest BCUT2D eigenvalue weighted by molar-refractivity contribution is 0.0711. The Hall–Kier alpha value is -4.07. The number of nitrogens with zero attached hydrogens (tertiary/aromatic N) is 6. The van der Waals surface area contributed by atoms with Crippen molar-refractivity contribution in [3.63, 3.8) is 0 Å². The highest BCUT2D eigenvalue weighted by molar-refractivity contribution is 5.94. The number of hydrogen-bond donors (Lipinski definition) is 0. The number of piperidine rings is 1. The summed E-state index contributed by atoms with van der Waals surface area (Å²) >= 11 is 0. The Labute approximate surface area is 191 Å². The smallest absolute Gasteiger partial charge is 0.253 e. The van der Waals surface area contributed by atoms with Crippen molar-refractivity contribution in [2.45, 2.75) is 25.7 Å². The van der Waals surface area contributed by atoms with Crippen molar-refractivity contribution in [1.82, 2.24) is 29.6 Å². The van der Waals surface area contributed by atoms with E-state index in [0.29, 0.717) is 24.5 Å². The van der Waals surface area contributed by atoms with Gasteiger partial charge in [-0.25, -0.2) is 4.98 Å². The third-order valence-corrected chi connectivity index (χ3v) is 5.87. The molecule has 0 N–H and O–H groups in total. The Morgan fingerprint density at radius 3 is 2.52 bits per heavy atom. The van der Waals surface area contributed by atoms with E-state index in [1.807, 2.05) is 60.4 Å². The van der Waals surface area contributed by atoms with E-state index < -0.39 is 0 Å². The molecule has 3 heterocycles. The highest BCUT2D eigenvalue weighted by Gasteiger charge is 2.28. The first-order chi connectivity index (χ1) is 16.2. The lowest BCUT2D eigenvalue weighted by Crippen LogP contribution is -2.38. The molecule has 1 aliphatic rings.